The molecule has 0 unspecified atom stereocenters. The molecule has 4 heteroatoms. The minimum Gasteiger partial charge on any atom is -0.396 e. The van der Waals surface area contributed by atoms with E-state index in [9.17, 15) is 9.90 Å². The number of ketones is 1. The van der Waals surface area contributed by atoms with Gasteiger partial charge >= 0.3 is 0 Å². The van der Waals surface area contributed by atoms with Crippen molar-refractivity contribution in [3.05, 3.63) is 29.3 Å². The van der Waals surface area contributed by atoms with E-state index in [0.29, 0.717) is 23.4 Å². The lowest BCUT2D eigenvalue weighted by molar-refractivity contribution is 0.101. The van der Waals surface area contributed by atoms with Crippen LogP contribution in [-0.4, -0.2) is 24.0 Å². The van der Waals surface area contributed by atoms with Gasteiger partial charge in [-0.25, -0.2) is 0 Å². The standard InChI is InChI=1S/C16H22N2O2/c1-12(20)14-6-5-13(10-17)9-15(14)18-8-4-7-16(2,3)11-19/h5-6,9,18-19H,4,7-8,11H2,1-3H3. The van der Waals surface area contributed by atoms with Crippen LogP contribution in [0.25, 0.3) is 0 Å². The number of carbonyl (C=O) groups is 1. The Morgan fingerprint density at radius 1 is 1.45 bits per heavy atom. The van der Waals surface area contributed by atoms with Crippen LogP contribution in [0, 0.1) is 16.7 Å². The monoisotopic (exact) mass is 274 g/mol. The van der Waals surface area contributed by atoms with Crippen LogP contribution in [0.5, 0.6) is 0 Å². The van der Waals surface area contributed by atoms with Gasteiger partial charge in [0.1, 0.15) is 0 Å². The van der Waals surface area contributed by atoms with Gasteiger partial charge in [-0.3, -0.25) is 4.79 Å². The highest BCUT2D eigenvalue weighted by molar-refractivity contribution is 5.99. The van der Waals surface area contributed by atoms with Gasteiger partial charge < -0.3 is 10.4 Å². The number of hydrogen-bond acceptors (Lipinski definition) is 4. The highest BCUT2D eigenvalue weighted by Crippen LogP contribution is 2.22. The number of Topliss-reactive ketones (excluding diaryl/α,β-unsaturated/α-hetero) is 1. The molecule has 1 aromatic rings. The highest BCUT2D eigenvalue weighted by Gasteiger charge is 2.15. The third kappa shape index (κ3) is 4.67. The first-order valence-corrected chi connectivity index (χ1v) is 6.79. The van der Waals surface area contributed by atoms with Crippen molar-refractivity contribution in [1.29, 1.82) is 5.26 Å². The van der Waals surface area contributed by atoms with Crippen molar-refractivity contribution >= 4 is 11.5 Å². The number of nitriles is 1. The molecule has 0 aromatic heterocycles. The summed E-state index contributed by atoms with van der Waals surface area (Å²) < 4.78 is 0. The second-order valence-corrected chi connectivity index (χ2v) is 5.78. The minimum atomic E-state index is -0.0837. The Labute approximate surface area is 120 Å². The first-order chi connectivity index (χ1) is 9.39. The predicted molar refractivity (Wildman–Crippen MR) is 79.8 cm³/mol. The molecule has 0 heterocycles. The van der Waals surface area contributed by atoms with E-state index in [4.69, 9.17) is 5.26 Å². The van der Waals surface area contributed by atoms with Crippen LogP contribution in [0.3, 0.4) is 0 Å². The number of carbonyl (C=O) groups excluding carboxylic acids is 1. The summed E-state index contributed by atoms with van der Waals surface area (Å²) >= 11 is 0. The Hall–Kier alpha value is -1.86. The molecule has 0 spiro atoms. The fourth-order valence-corrected chi connectivity index (χ4v) is 1.94. The number of anilines is 1. The number of benzene rings is 1. The van der Waals surface area contributed by atoms with Crippen LogP contribution >= 0.6 is 0 Å². The van der Waals surface area contributed by atoms with E-state index in [-0.39, 0.29) is 17.8 Å². The zero-order valence-electron chi connectivity index (χ0n) is 12.4. The lowest BCUT2D eigenvalue weighted by Crippen LogP contribution is -2.18. The van der Waals surface area contributed by atoms with Crippen LogP contribution in [0.2, 0.25) is 0 Å². The largest absolute Gasteiger partial charge is 0.396 e. The fraction of sp³-hybridized carbons (Fsp3) is 0.500. The smallest absolute Gasteiger partial charge is 0.161 e. The van der Waals surface area contributed by atoms with Crippen LogP contribution in [0.4, 0.5) is 5.69 Å². The summed E-state index contributed by atoms with van der Waals surface area (Å²) in [5.41, 5.74) is 1.76. The first-order valence-electron chi connectivity index (χ1n) is 6.79. The lowest BCUT2D eigenvalue weighted by Gasteiger charge is -2.21. The van der Waals surface area contributed by atoms with E-state index >= 15 is 0 Å². The molecule has 0 saturated heterocycles. The van der Waals surface area contributed by atoms with Crippen LogP contribution < -0.4 is 5.32 Å². The fourth-order valence-electron chi connectivity index (χ4n) is 1.94. The number of nitrogens with one attached hydrogen (secondary N) is 1. The van der Waals surface area contributed by atoms with E-state index in [1.54, 1.807) is 18.2 Å². The van der Waals surface area contributed by atoms with Crippen molar-refractivity contribution in [1.82, 2.24) is 0 Å². The molecule has 0 aliphatic rings. The maximum atomic E-state index is 11.5. The van der Waals surface area contributed by atoms with Crippen molar-refractivity contribution in [2.75, 3.05) is 18.5 Å². The second-order valence-electron chi connectivity index (χ2n) is 5.78. The Kier molecular flexibility index (Phi) is 5.72. The number of nitrogens with zero attached hydrogens (tertiary/aromatic N) is 1. The molecule has 1 rings (SSSR count). The molecule has 20 heavy (non-hydrogen) atoms. The average Bonchev–Trinajstić information content (AvgIpc) is 2.43. The van der Waals surface area contributed by atoms with Crippen molar-refractivity contribution in [3.63, 3.8) is 0 Å². The highest BCUT2D eigenvalue weighted by atomic mass is 16.3. The predicted octanol–water partition coefficient (Wildman–Crippen LogP) is 2.97. The molecule has 4 nitrogen and oxygen atoms in total. The molecule has 0 bridgehead atoms. The van der Waals surface area contributed by atoms with Gasteiger partial charge in [-0.2, -0.15) is 5.26 Å². The minimum absolute atomic E-state index is 0.0207. The van der Waals surface area contributed by atoms with Gasteiger partial charge in [-0.05, 0) is 43.4 Å². The van der Waals surface area contributed by atoms with E-state index in [2.05, 4.69) is 11.4 Å². The first kappa shape index (κ1) is 16.2. The van der Waals surface area contributed by atoms with E-state index in [1.165, 1.54) is 6.92 Å². The zero-order chi connectivity index (χ0) is 15.2. The van der Waals surface area contributed by atoms with Gasteiger partial charge in [-0.15, -0.1) is 0 Å². The Bertz CT molecular complexity index is 516. The zero-order valence-corrected chi connectivity index (χ0v) is 12.4. The van der Waals surface area contributed by atoms with Crippen molar-refractivity contribution in [3.8, 4) is 6.07 Å². The van der Waals surface area contributed by atoms with Crippen LogP contribution in [0.15, 0.2) is 18.2 Å². The molecule has 0 saturated carbocycles. The van der Waals surface area contributed by atoms with Crippen LogP contribution in [0.1, 0.15) is 49.5 Å². The molecular formula is C16H22N2O2. The van der Waals surface area contributed by atoms with Crippen molar-refractivity contribution in [2.24, 2.45) is 5.41 Å². The van der Waals surface area contributed by atoms with Crippen LogP contribution in [-0.2, 0) is 0 Å². The molecule has 0 aliphatic heterocycles. The Morgan fingerprint density at radius 2 is 2.15 bits per heavy atom. The summed E-state index contributed by atoms with van der Waals surface area (Å²) in [5, 5.41) is 21.3. The SMILES string of the molecule is CC(=O)c1ccc(C#N)cc1NCCCC(C)(C)CO. The molecule has 2 N–H and O–H groups in total. The maximum absolute atomic E-state index is 11.5. The average molecular weight is 274 g/mol. The Balaban J connectivity index is 2.67. The summed E-state index contributed by atoms with van der Waals surface area (Å²) in [6.45, 7) is 6.42. The van der Waals surface area contributed by atoms with E-state index < -0.39 is 0 Å². The summed E-state index contributed by atoms with van der Waals surface area (Å²) in [5.74, 6) is -0.0207. The maximum Gasteiger partial charge on any atom is 0.161 e. The third-order valence-electron chi connectivity index (χ3n) is 3.30. The molecule has 108 valence electrons. The van der Waals surface area contributed by atoms with Gasteiger partial charge in [0.2, 0.25) is 0 Å². The van der Waals surface area contributed by atoms with Gasteiger partial charge in [0.05, 0.1) is 11.6 Å². The second kappa shape index (κ2) is 7.06. The third-order valence-corrected chi connectivity index (χ3v) is 3.30. The number of aliphatic hydroxyl groups is 1. The summed E-state index contributed by atoms with van der Waals surface area (Å²) in [4.78, 5) is 11.5. The topological polar surface area (TPSA) is 73.1 Å². The Morgan fingerprint density at radius 3 is 2.70 bits per heavy atom. The molecule has 1 aromatic carbocycles. The summed E-state index contributed by atoms with van der Waals surface area (Å²) in [6.07, 6.45) is 1.78. The summed E-state index contributed by atoms with van der Waals surface area (Å²) in [7, 11) is 0. The van der Waals surface area contributed by atoms with E-state index in [1.807, 2.05) is 13.8 Å². The quantitative estimate of drug-likeness (QED) is 0.592. The molecule has 0 radical (unpaired) electrons. The van der Waals surface area contributed by atoms with Crippen molar-refractivity contribution in [2.45, 2.75) is 33.6 Å². The molecule has 0 amide bonds. The van der Waals surface area contributed by atoms with Gasteiger partial charge in [0.25, 0.3) is 0 Å². The number of hydrogen-bond donors (Lipinski definition) is 2. The van der Waals surface area contributed by atoms with E-state index in [0.717, 1.165) is 12.8 Å². The van der Waals surface area contributed by atoms with Gasteiger partial charge in [-0.1, -0.05) is 13.8 Å². The molecule has 0 fully saturated rings. The number of aliphatic hydroxyl groups excluding tert-OH is 1. The molecule has 0 atom stereocenters. The molecule has 0 aliphatic carbocycles. The normalized spacial score (nSPS) is 10.9. The summed E-state index contributed by atoms with van der Waals surface area (Å²) in [6, 6.07) is 7.11. The molecular weight excluding hydrogens is 252 g/mol. The van der Waals surface area contributed by atoms with Gasteiger partial charge in [0.15, 0.2) is 5.78 Å². The number of rotatable bonds is 7. The van der Waals surface area contributed by atoms with Crippen molar-refractivity contribution < 1.29 is 9.90 Å². The van der Waals surface area contributed by atoms with Gasteiger partial charge in [0, 0.05) is 24.4 Å². The lowest BCUT2D eigenvalue weighted by atomic mass is 9.89.